The molecule has 0 amide bonds. The number of benzene rings is 2. The van der Waals surface area contributed by atoms with Gasteiger partial charge in [-0.25, -0.2) is 13.1 Å². The monoisotopic (exact) mass is 344 g/mol. The van der Waals surface area contributed by atoms with Crippen molar-refractivity contribution < 1.29 is 8.42 Å². The maximum atomic E-state index is 11.6. The molecule has 1 aliphatic heterocycles. The van der Waals surface area contributed by atoms with E-state index in [0.29, 0.717) is 0 Å². The maximum absolute atomic E-state index is 11.6. The fraction of sp³-hybridized carbons (Fsp3) is 0.368. The summed E-state index contributed by atoms with van der Waals surface area (Å²) in [6, 6.07) is 18.9. The lowest BCUT2D eigenvalue weighted by molar-refractivity contribution is 0.329. The predicted octanol–water partition coefficient (Wildman–Crippen LogP) is 2.57. The Bertz CT molecular complexity index is 775. The van der Waals surface area contributed by atoms with E-state index in [-0.39, 0.29) is 12.1 Å². The van der Waals surface area contributed by atoms with Gasteiger partial charge in [0.1, 0.15) is 0 Å². The zero-order chi connectivity index (χ0) is 17.0. The van der Waals surface area contributed by atoms with Crippen LogP contribution in [0.5, 0.6) is 0 Å². The van der Waals surface area contributed by atoms with Crippen LogP contribution in [-0.2, 0) is 16.4 Å². The molecule has 0 aromatic heterocycles. The Morgan fingerprint density at radius 2 is 1.83 bits per heavy atom. The predicted molar refractivity (Wildman–Crippen MR) is 98.4 cm³/mol. The van der Waals surface area contributed by atoms with Crippen LogP contribution in [0.3, 0.4) is 0 Å². The van der Waals surface area contributed by atoms with Gasteiger partial charge in [0.15, 0.2) is 0 Å². The Morgan fingerprint density at radius 3 is 2.58 bits per heavy atom. The van der Waals surface area contributed by atoms with Crippen LogP contribution in [0.1, 0.15) is 18.4 Å². The van der Waals surface area contributed by atoms with Gasteiger partial charge in [-0.15, -0.1) is 0 Å². The van der Waals surface area contributed by atoms with E-state index in [9.17, 15) is 8.42 Å². The second-order valence-corrected chi connectivity index (χ2v) is 8.25. The first-order valence-electron chi connectivity index (χ1n) is 8.36. The van der Waals surface area contributed by atoms with E-state index in [4.69, 9.17) is 0 Å². The third-order valence-corrected chi connectivity index (χ3v) is 5.17. The number of nitrogens with one attached hydrogen (secondary N) is 2. The van der Waals surface area contributed by atoms with Crippen molar-refractivity contribution in [2.24, 2.45) is 0 Å². The molecule has 5 heteroatoms. The molecule has 1 heterocycles. The molecule has 1 saturated heterocycles. The minimum atomic E-state index is -3.19. The standard InChI is InChI=1S/C19H24N2O2S/c1-24(22,23)21-18-11-6-12-20-19(18)14-15-7-5-10-17(13-15)16-8-3-2-4-9-16/h2-5,7-10,13,18-21H,6,11-12,14H2,1H3/t18-,19-/m0/s1. The van der Waals surface area contributed by atoms with Crippen LogP contribution in [-0.4, -0.2) is 33.3 Å². The summed E-state index contributed by atoms with van der Waals surface area (Å²) in [6.45, 7) is 0.936. The van der Waals surface area contributed by atoms with Gasteiger partial charge in [0.05, 0.1) is 6.26 Å². The van der Waals surface area contributed by atoms with Crippen LogP contribution >= 0.6 is 0 Å². The molecule has 1 fully saturated rings. The lowest BCUT2D eigenvalue weighted by Crippen LogP contribution is -2.54. The van der Waals surface area contributed by atoms with Crippen LogP contribution < -0.4 is 10.0 Å². The molecule has 0 aliphatic carbocycles. The highest BCUT2D eigenvalue weighted by Crippen LogP contribution is 2.22. The van der Waals surface area contributed by atoms with Crippen LogP contribution in [0.4, 0.5) is 0 Å². The maximum Gasteiger partial charge on any atom is 0.209 e. The number of hydrogen-bond donors (Lipinski definition) is 2. The van der Waals surface area contributed by atoms with Crippen molar-refractivity contribution in [3.63, 3.8) is 0 Å². The van der Waals surface area contributed by atoms with Gasteiger partial charge < -0.3 is 5.32 Å². The fourth-order valence-electron chi connectivity index (χ4n) is 3.35. The van der Waals surface area contributed by atoms with Crippen molar-refractivity contribution in [2.45, 2.75) is 31.3 Å². The molecule has 1 aliphatic rings. The molecular formula is C19H24N2O2S. The molecule has 24 heavy (non-hydrogen) atoms. The second-order valence-electron chi connectivity index (χ2n) is 6.47. The Hall–Kier alpha value is -1.69. The van der Waals surface area contributed by atoms with Crippen LogP contribution in [0, 0.1) is 0 Å². The molecule has 4 nitrogen and oxygen atoms in total. The molecular weight excluding hydrogens is 320 g/mol. The van der Waals surface area contributed by atoms with Crippen molar-refractivity contribution in [2.75, 3.05) is 12.8 Å². The minimum Gasteiger partial charge on any atom is -0.312 e. The van der Waals surface area contributed by atoms with Gasteiger partial charge in [-0.05, 0) is 42.5 Å². The first kappa shape index (κ1) is 17.1. The van der Waals surface area contributed by atoms with E-state index in [1.165, 1.54) is 22.9 Å². The summed E-state index contributed by atoms with van der Waals surface area (Å²) in [5.41, 5.74) is 3.61. The summed E-state index contributed by atoms with van der Waals surface area (Å²) in [6.07, 6.45) is 3.92. The quantitative estimate of drug-likeness (QED) is 0.876. The smallest absolute Gasteiger partial charge is 0.209 e. The van der Waals surface area contributed by atoms with Crippen LogP contribution in [0.15, 0.2) is 54.6 Å². The van der Waals surface area contributed by atoms with Gasteiger partial charge in [0.25, 0.3) is 0 Å². The fourth-order valence-corrected chi connectivity index (χ4v) is 4.18. The Labute approximate surface area is 144 Å². The van der Waals surface area contributed by atoms with Crippen molar-refractivity contribution >= 4 is 10.0 Å². The summed E-state index contributed by atoms with van der Waals surface area (Å²) in [4.78, 5) is 0. The van der Waals surface area contributed by atoms with E-state index in [1.54, 1.807) is 0 Å². The molecule has 0 spiro atoms. The van der Waals surface area contributed by atoms with Crippen molar-refractivity contribution in [3.05, 3.63) is 60.2 Å². The third kappa shape index (κ3) is 4.66. The summed E-state index contributed by atoms with van der Waals surface area (Å²) in [5, 5.41) is 3.47. The average Bonchev–Trinajstić information content (AvgIpc) is 2.56. The van der Waals surface area contributed by atoms with E-state index in [0.717, 1.165) is 25.8 Å². The molecule has 0 unspecified atom stereocenters. The average molecular weight is 344 g/mol. The van der Waals surface area contributed by atoms with E-state index >= 15 is 0 Å². The lowest BCUT2D eigenvalue weighted by atomic mass is 9.92. The van der Waals surface area contributed by atoms with E-state index < -0.39 is 10.0 Å². The Kier molecular flexibility index (Phi) is 5.33. The zero-order valence-electron chi connectivity index (χ0n) is 13.9. The first-order chi connectivity index (χ1) is 11.5. The number of sulfonamides is 1. The van der Waals surface area contributed by atoms with Crippen molar-refractivity contribution in [3.8, 4) is 11.1 Å². The number of hydrogen-bond acceptors (Lipinski definition) is 3. The third-order valence-electron chi connectivity index (χ3n) is 4.44. The molecule has 0 saturated carbocycles. The van der Waals surface area contributed by atoms with E-state index in [1.807, 2.05) is 18.2 Å². The van der Waals surface area contributed by atoms with Crippen LogP contribution in [0.2, 0.25) is 0 Å². The minimum absolute atomic E-state index is 0.0471. The second kappa shape index (κ2) is 7.47. The Balaban J connectivity index is 1.77. The van der Waals surface area contributed by atoms with Crippen LogP contribution in [0.25, 0.3) is 11.1 Å². The normalized spacial score (nSPS) is 21.5. The lowest BCUT2D eigenvalue weighted by Gasteiger charge is -2.33. The topological polar surface area (TPSA) is 58.2 Å². The highest BCUT2D eigenvalue weighted by Gasteiger charge is 2.27. The van der Waals surface area contributed by atoms with Gasteiger partial charge in [0, 0.05) is 12.1 Å². The molecule has 0 radical (unpaired) electrons. The van der Waals surface area contributed by atoms with Gasteiger partial charge in [-0.2, -0.15) is 0 Å². The summed E-state index contributed by atoms with van der Waals surface area (Å²) in [7, 11) is -3.19. The molecule has 2 atom stereocenters. The molecule has 2 N–H and O–H groups in total. The van der Waals surface area contributed by atoms with Gasteiger partial charge in [-0.3, -0.25) is 0 Å². The molecule has 2 aromatic carbocycles. The molecule has 2 aromatic rings. The summed E-state index contributed by atoms with van der Waals surface area (Å²) >= 11 is 0. The Morgan fingerprint density at radius 1 is 1.08 bits per heavy atom. The van der Waals surface area contributed by atoms with Crippen molar-refractivity contribution in [1.82, 2.24) is 10.0 Å². The zero-order valence-corrected chi connectivity index (χ0v) is 14.7. The summed E-state index contributed by atoms with van der Waals surface area (Å²) < 4.78 is 26.0. The molecule has 128 valence electrons. The highest BCUT2D eigenvalue weighted by molar-refractivity contribution is 7.88. The largest absolute Gasteiger partial charge is 0.312 e. The molecule has 0 bridgehead atoms. The van der Waals surface area contributed by atoms with Gasteiger partial charge >= 0.3 is 0 Å². The van der Waals surface area contributed by atoms with E-state index in [2.05, 4.69) is 46.4 Å². The van der Waals surface area contributed by atoms with Crippen molar-refractivity contribution in [1.29, 1.82) is 0 Å². The highest BCUT2D eigenvalue weighted by atomic mass is 32.2. The SMILES string of the molecule is CS(=O)(=O)N[C@H]1CCCN[C@H]1Cc1cccc(-c2ccccc2)c1. The van der Waals surface area contributed by atoms with Gasteiger partial charge in [0.2, 0.25) is 10.0 Å². The molecule has 3 rings (SSSR count). The first-order valence-corrected chi connectivity index (χ1v) is 10.3. The number of piperidine rings is 1. The number of rotatable bonds is 5. The summed E-state index contributed by atoms with van der Waals surface area (Å²) in [5.74, 6) is 0. The van der Waals surface area contributed by atoms with Gasteiger partial charge in [-0.1, -0.05) is 54.6 Å².